The Kier molecular flexibility index (Phi) is 5.51. The molecule has 0 aliphatic heterocycles. The summed E-state index contributed by atoms with van der Waals surface area (Å²) in [5.74, 6) is 1.66. The Morgan fingerprint density at radius 2 is 2.04 bits per heavy atom. The summed E-state index contributed by atoms with van der Waals surface area (Å²) in [5.41, 5.74) is 4.94. The van der Waals surface area contributed by atoms with Crippen LogP contribution in [0.5, 0.6) is 5.75 Å². The van der Waals surface area contributed by atoms with Gasteiger partial charge in [-0.25, -0.2) is 10.4 Å². The van der Waals surface area contributed by atoms with Gasteiger partial charge in [-0.05, 0) is 49.6 Å². The van der Waals surface area contributed by atoms with Gasteiger partial charge in [-0.3, -0.25) is 9.78 Å². The Morgan fingerprint density at radius 3 is 2.65 bits per heavy atom. The number of hydrazone groups is 1. The molecule has 6 heteroatoms. The number of H-pyrrole nitrogens is 1. The number of anilines is 1. The molecule has 2 N–H and O–H groups in total. The van der Waals surface area contributed by atoms with E-state index >= 15 is 0 Å². The lowest BCUT2D eigenvalue weighted by Crippen LogP contribution is -2.11. The summed E-state index contributed by atoms with van der Waals surface area (Å²) in [6, 6.07) is 9.16. The third-order valence-corrected chi connectivity index (χ3v) is 3.05. The molecule has 6 nitrogen and oxygen atoms in total. The zero-order chi connectivity index (χ0) is 16.8. The van der Waals surface area contributed by atoms with Crippen LogP contribution in [-0.2, 0) is 0 Å². The lowest BCUT2D eigenvalue weighted by atomic mass is 10.1. The van der Waals surface area contributed by atoms with Crippen molar-refractivity contribution in [2.24, 2.45) is 11.0 Å². The highest BCUT2D eigenvalue weighted by Crippen LogP contribution is 2.14. The molecule has 0 amide bonds. The Morgan fingerprint density at radius 1 is 1.35 bits per heavy atom. The van der Waals surface area contributed by atoms with Crippen LogP contribution in [0.2, 0.25) is 0 Å². The third-order valence-electron chi connectivity index (χ3n) is 3.05. The summed E-state index contributed by atoms with van der Waals surface area (Å²) in [6.45, 7) is 8.55. The molecule has 0 unspecified atom stereocenters. The molecule has 1 aromatic heterocycles. The van der Waals surface area contributed by atoms with Crippen LogP contribution in [-0.4, -0.2) is 22.3 Å². The maximum Gasteiger partial charge on any atom is 0.252 e. The van der Waals surface area contributed by atoms with Crippen molar-refractivity contribution in [1.82, 2.24) is 9.97 Å². The van der Waals surface area contributed by atoms with E-state index < -0.39 is 0 Å². The number of ether oxygens (including phenoxy) is 1. The number of benzene rings is 1. The van der Waals surface area contributed by atoms with Crippen molar-refractivity contribution in [1.29, 1.82) is 0 Å². The van der Waals surface area contributed by atoms with E-state index in [-0.39, 0.29) is 5.56 Å². The second-order valence-corrected chi connectivity index (χ2v) is 5.77. The summed E-state index contributed by atoms with van der Waals surface area (Å²) < 4.78 is 5.65. The van der Waals surface area contributed by atoms with Crippen molar-refractivity contribution in [2.75, 3.05) is 12.0 Å². The minimum atomic E-state index is -0.209. The normalized spacial score (nSPS) is 11.6. The predicted octanol–water partition coefficient (Wildman–Crippen LogP) is 2.95. The molecular weight excluding hydrogens is 292 g/mol. The van der Waals surface area contributed by atoms with Crippen LogP contribution in [0.15, 0.2) is 40.2 Å². The smallest absolute Gasteiger partial charge is 0.252 e. The fourth-order valence-electron chi connectivity index (χ4n) is 1.89. The van der Waals surface area contributed by atoms with Crippen molar-refractivity contribution >= 4 is 11.7 Å². The molecule has 122 valence electrons. The van der Waals surface area contributed by atoms with Gasteiger partial charge in [0.15, 0.2) is 0 Å². The zero-order valence-electron chi connectivity index (χ0n) is 13.9. The summed E-state index contributed by atoms with van der Waals surface area (Å²) in [7, 11) is 0. The van der Waals surface area contributed by atoms with Crippen molar-refractivity contribution in [2.45, 2.75) is 27.7 Å². The van der Waals surface area contributed by atoms with E-state index in [0.29, 0.717) is 24.2 Å². The molecule has 2 aromatic rings. The molecule has 1 aromatic carbocycles. The molecule has 0 saturated carbocycles. The van der Waals surface area contributed by atoms with E-state index in [1.807, 2.05) is 31.2 Å². The van der Waals surface area contributed by atoms with Crippen LogP contribution in [0, 0.1) is 12.8 Å². The molecule has 0 fully saturated rings. The van der Waals surface area contributed by atoms with Crippen LogP contribution < -0.4 is 15.7 Å². The Labute approximate surface area is 135 Å². The third kappa shape index (κ3) is 5.25. The van der Waals surface area contributed by atoms with Crippen LogP contribution in [0.3, 0.4) is 0 Å². The fraction of sp³-hybridized carbons (Fsp3) is 0.353. The van der Waals surface area contributed by atoms with E-state index in [1.165, 1.54) is 6.07 Å². The van der Waals surface area contributed by atoms with E-state index in [4.69, 9.17) is 4.74 Å². The number of rotatable bonds is 6. The SMILES string of the molecule is C/C(=N/Nc1nc(C)cc(=O)[nH]1)c1ccc(OCC(C)C)cc1. The van der Waals surface area contributed by atoms with Gasteiger partial charge in [0, 0.05) is 11.8 Å². The van der Waals surface area contributed by atoms with Gasteiger partial charge in [0.05, 0.1) is 12.3 Å². The molecule has 0 aliphatic carbocycles. The molecule has 0 atom stereocenters. The Balaban J connectivity index is 2.04. The standard InChI is InChI=1S/C17H22N4O2/c1-11(2)10-23-15-7-5-14(6-8-15)13(4)20-21-17-18-12(3)9-16(22)19-17/h5-9,11H,10H2,1-4H3,(H2,18,19,21,22)/b20-13-. The predicted molar refractivity (Wildman–Crippen MR) is 92.2 cm³/mol. The number of aryl methyl sites for hydroxylation is 1. The van der Waals surface area contributed by atoms with E-state index in [0.717, 1.165) is 17.0 Å². The van der Waals surface area contributed by atoms with Gasteiger partial charge < -0.3 is 4.74 Å². The number of nitrogens with one attached hydrogen (secondary N) is 2. The number of aromatic nitrogens is 2. The lowest BCUT2D eigenvalue weighted by molar-refractivity contribution is 0.271. The molecule has 0 saturated heterocycles. The average molecular weight is 314 g/mol. The number of aromatic amines is 1. The minimum absolute atomic E-state index is 0.209. The Hall–Kier alpha value is -2.63. The first-order valence-corrected chi connectivity index (χ1v) is 7.55. The molecule has 0 spiro atoms. The summed E-state index contributed by atoms with van der Waals surface area (Å²) in [5, 5.41) is 4.24. The lowest BCUT2D eigenvalue weighted by Gasteiger charge is -2.09. The van der Waals surface area contributed by atoms with Gasteiger partial charge in [-0.2, -0.15) is 5.10 Å². The molecular formula is C17H22N4O2. The molecule has 0 radical (unpaired) electrons. The summed E-state index contributed by atoms with van der Waals surface area (Å²) in [4.78, 5) is 18.1. The largest absolute Gasteiger partial charge is 0.493 e. The van der Waals surface area contributed by atoms with Crippen LogP contribution in [0.25, 0.3) is 0 Å². The first-order chi connectivity index (χ1) is 10.9. The number of nitrogens with zero attached hydrogens (tertiary/aromatic N) is 2. The highest BCUT2D eigenvalue weighted by molar-refractivity contribution is 5.99. The average Bonchev–Trinajstić information content (AvgIpc) is 2.50. The number of hydrogen-bond donors (Lipinski definition) is 2. The highest BCUT2D eigenvalue weighted by atomic mass is 16.5. The van der Waals surface area contributed by atoms with Gasteiger partial charge in [0.25, 0.3) is 5.56 Å². The van der Waals surface area contributed by atoms with Gasteiger partial charge in [0.2, 0.25) is 5.95 Å². The van der Waals surface area contributed by atoms with Gasteiger partial charge in [-0.1, -0.05) is 13.8 Å². The molecule has 0 bridgehead atoms. The topological polar surface area (TPSA) is 79.4 Å². The number of hydrogen-bond acceptors (Lipinski definition) is 5. The first kappa shape index (κ1) is 16.7. The highest BCUT2D eigenvalue weighted by Gasteiger charge is 2.01. The van der Waals surface area contributed by atoms with Crippen molar-refractivity contribution in [3.05, 3.63) is 51.9 Å². The monoisotopic (exact) mass is 314 g/mol. The summed E-state index contributed by atoms with van der Waals surface area (Å²) in [6.07, 6.45) is 0. The first-order valence-electron chi connectivity index (χ1n) is 7.55. The zero-order valence-corrected chi connectivity index (χ0v) is 13.9. The van der Waals surface area contributed by atoms with Crippen molar-refractivity contribution in [3.8, 4) is 5.75 Å². The fourth-order valence-corrected chi connectivity index (χ4v) is 1.89. The van der Waals surface area contributed by atoms with Gasteiger partial charge in [-0.15, -0.1) is 0 Å². The minimum Gasteiger partial charge on any atom is -0.493 e. The van der Waals surface area contributed by atoms with Crippen LogP contribution >= 0.6 is 0 Å². The van der Waals surface area contributed by atoms with Crippen molar-refractivity contribution in [3.63, 3.8) is 0 Å². The molecule has 1 heterocycles. The second kappa shape index (κ2) is 7.58. The summed E-state index contributed by atoms with van der Waals surface area (Å²) >= 11 is 0. The molecule has 23 heavy (non-hydrogen) atoms. The van der Waals surface area contributed by atoms with Crippen molar-refractivity contribution < 1.29 is 4.74 Å². The quantitative estimate of drug-likeness (QED) is 0.634. The van der Waals surface area contributed by atoms with E-state index in [1.54, 1.807) is 6.92 Å². The second-order valence-electron chi connectivity index (χ2n) is 5.77. The molecule has 0 aliphatic rings. The Bertz CT molecular complexity index is 733. The van der Waals surface area contributed by atoms with E-state index in [9.17, 15) is 4.79 Å². The van der Waals surface area contributed by atoms with Crippen LogP contribution in [0.1, 0.15) is 32.0 Å². The van der Waals surface area contributed by atoms with Crippen LogP contribution in [0.4, 0.5) is 5.95 Å². The van der Waals surface area contributed by atoms with Gasteiger partial charge >= 0.3 is 0 Å². The maximum atomic E-state index is 11.4. The maximum absolute atomic E-state index is 11.4. The molecule has 2 rings (SSSR count). The van der Waals surface area contributed by atoms with Gasteiger partial charge in [0.1, 0.15) is 5.75 Å². The van der Waals surface area contributed by atoms with E-state index in [2.05, 4.69) is 34.3 Å².